The van der Waals surface area contributed by atoms with E-state index < -0.39 is 35.1 Å². The van der Waals surface area contributed by atoms with Gasteiger partial charge in [0.25, 0.3) is 5.56 Å². The summed E-state index contributed by atoms with van der Waals surface area (Å²) in [6, 6.07) is 10.4. The minimum absolute atomic E-state index is 0.176. The summed E-state index contributed by atoms with van der Waals surface area (Å²) >= 11 is 0. The number of nitrogens with one attached hydrogen (secondary N) is 1. The molecule has 0 saturated carbocycles. The molecule has 1 N–H and O–H groups in total. The first kappa shape index (κ1) is 19.5. The van der Waals surface area contributed by atoms with E-state index in [0.29, 0.717) is 4.68 Å². The van der Waals surface area contributed by atoms with E-state index in [4.69, 9.17) is 0 Å². The lowest BCUT2D eigenvalue weighted by Crippen LogP contribution is -2.36. The summed E-state index contributed by atoms with van der Waals surface area (Å²) in [4.78, 5) is 24.8. The average Bonchev–Trinajstić information content (AvgIpc) is 2.63. The second-order valence-electron chi connectivity index (χ2n) is 6.45. The Bertz CT molecular complexity index is 1080. The fourth-order valence-electron chi connectivity index (χ4n) is 2.82. The van der Waals surface area contributed by atoms with Crippen LogP contribution < -0.4 is 10.9 Å². The van der Waals surface area contributed by atoms with Crippen molar-refractivity contribution in [1.29, 1.82) is 0 Å². The van der Waals surface area contributed by atoms with Gasteiger partial charge in [0, 0.05) is 0 Å². The van der Waals surface area contributed by atoms with Crippen LogP contribution in [0.1, 0.15) is 29.7 Å². The Hall–Kier alpha value is -3.23. The van der Waals surface area contributed by atoms with Gasteiger partial charge in [0.05, 0.1) is 17.0 Å². The Morgan fingerprint density at radius 2 is 1.86 bits per heavy atom. The van der Waals surface area contributed by atoms with Crippen LogP contribution in [0.25, 0.3) is 10.9 Å². The lowest BCUT2D eigenvalue weighted by molar-refractivity contribution is -0.136. The molecule has 1 atom stereocenters. The van der Waals surface area contributed by atoms with Crippen LogP contribution in [0.5, 0.6) is 0 Å². The van der Waals surface area contributed by atoms with Gasteiger partial charge in [-0.05, 0) is 31.5 Å². The summed E-state index contributed by atoms with van der Waals surface area (Å²) in [5.74, 6) is -0.562. The first-order valence-electron chi connectivity index (χ1n) is 8.46. The first-order valence-corrected chi connectivity index (χ1v) is 8.46. The van der Waals surface area contributed by atoms with Crippen LogP contribution >= 0.6 is 0 Å². The molecule has 0 radical (unpaired) electrons. The Morgan fingerprint density at radius 1 is 1.18 bits per heavy atom. The van der Waals surface area contributed by atoms with Crippen molar-refractivity contribution in [3.63, 3.8) is 0 Å². The molecule has 146 valence electrons. The Labute approximate surface area is 158 Å². The molecule has 1 heterocycles. The monoisotopic (exact) mass is 390 g/mol. The van der Waals surface area contributed by atoms with Crippen molar-refractivity contribution in [2.75, 3.05) is 0 Å². The van der Waals surface area contributed by atoms with Crippen molar-refractivity contribution in [3.05, 3.63) is 69.5 Å². The molecule has 0 spiro atoms. The third kappa shape index (κ3) is 4.03. The number of hydrogen-bond acceptors (Lipinski definition) is 4. The fraction of sp³-hybridized carbons (Fsp3) is 0.263. The standard InChI is InChI=1S/C19H17F3N4O2/c1-11-6-8-13(9-7-11)12(2)23-16(27)10-26-18(28)17-14(19(20,21)22)4-3-5-15(17)24-25-26/h3-9,12H,10H2,1-2H3,(H,23,27)/t12-/m0/s1. The minimum Gasteiger partial charge on any atom is -0.348 e. The topological polar surface area (TPSA) is 76.9 Å². The number of fused-ring (bicyclic) bond motifs is 1. The summed E-state index contributed by atoms with van der Waals surface area (Å²) in [6.45, 7) is 3.16. The Morgan fingerprint density at radius 3 is 2.50 bits per heavy atom. The van der Waals surface area contributed by atoms with Gasteiger partial charge in [0.15, 0.2) is 0 Å². The molecule has 3 rings (SSSR count). The van der Waals surface area contributed by atoms with Crippen molar-refractivity contribution in [3.8, 4) is 0 Å². The maximum absolute atomic E-state index is 13.2. The van der Waals surface area contributed by atoms with E-state index in [1.807, 2.05) is 31.2 Å². The molecule has 9 heteroatoms. The van der Waals surface area contributed by atoms with E-state index in [0.717, 1.165) is 23.3 Å². The van der Waals surface area contributed by atoms with Gasteiger partial charge in [-0.3, -0.25) is 9.59 Å². The molecule has 28 heavy (non-hydrogen) atoms. The number of aromatic nitrogens is 3. The van der Waals surface area contributed by atoms with Crippen LogP contribution in [0.15, 0.2) is 47.3 Å². The summed E-state index contributed by atoms with van der Waals surface area (Å²) in [5.41, 5.74) is -0.372. The van der Waals surface area contributed by atoms with Gasteiger partial charge in [0.2, 0.25) is 5.91 Å². The second-order valence-corrected chi connectivity index (χ2v) is 6.45. The molecule has 0 aliphatic carbocycles. The van der Waals surface area contributed by atoms with Gasteiger partial charge in [-0.1, -0.05) is 41.1 Å². The maximum atomic E-state index is 13.2. The lowest BCUT2D eigenvalue weighted by Gasteiger charge is -2.15. The van der Waals surface area contributed by atoms with Crippen molar-refractivity contribution < 1.29 is 18.0 Å². The molecule has 1 amide bonds. The second kappa shape index (κ2) is 7.41. The SMILES string of the molecule is Cc1ccc([C@H](C)NC(=O)Cn2nnc3cccc(C(F)(F)F)c3c2=O)cc1. The molecular formula is C19H17F3N4O2. The smallest absolute Gasteiger partial charge is 0.348 e. The molecule has 2 aromatic carbocycles. The van der Waals surface area contributed by atoms with Crippen LogP contribution in [-0.2, 0) is 17.5 Å². The Balaban J connectivity index is 1.86. The molecule has 3 aromatic rings. The quantitative estimate of drug-likeness (QED) is 0.743. The summed E-state index contributed by atoms with van der Waals surface area (Å²) in [7, 11) is 0. The predicted octanol–water partition coefficient (Wildman–Crippen LogP) is 3.00. The minimum atomic E-state index is -4.72. The van der Waals surface area contributed by atoms with Gasteiger partial charge in [-0.15, -0.1) is 5.10 Å². The number of alkyl halides is 3. The van der Waals surface area contributed by atoms with Crippen molar-refractivity contribution >= 4 is 16.8 Å². The van der Waals surface area contributed by atoms with E-state index in [1.165, 1.54) is 6.07 Å². The van der Waals surface area contributed by atoms with Crippen molar-refractivity contribution in [2.24, 2.45) is 0 Å². The average molecular weight is 390 g/mol. The number of aryl methyl sites for hydroxylation is 1. The van der Waals surface area contributed by atoms with Crippen molar-refractivity contribution in [1.82, 2.24) is 20.3 Å². The first-order chi connectivity index (χ1) is 13.2. The largest absolute Gasteiger partial charge is 0.417 e. The highest BCUT2D eigenvalue weighted by Gasteiger charge is 2.34. The van der Waals surface area contributed by atoms with E-state index in [1.54, 1.807) is 6.92 Å². The molecule has 0 aliphatic heterocycles. The van der Waals surface area contributed by atoms with Crippen LogP contribution in [0.3, 0.4) is 0 Å². The number of amides is 1. The third-order valence-corrected chi connectivity index (χ3v) is 4.30. The number of benzene rings is 2. The highest BCUT2D eigenvalue weighted by atomic mass is 19.4. The van der Waals surface area contributed by atoms with Gasteiger partial charge in [-0.25, -0.2) is 4.68 Å². The number of halogens is 3. The van der Waals surface area contributed by atoms with E-state index in [2.05, 4.69) is 15.6 Å². The molecule has 0 fully saturated rings. The molecule has 0 bridgehead atoms. The highest BCUT2D eigenvalue weighted by Crippen LogP contribution is 2.32. The number of hydrogen-bond donors (Lipinski definition) is 1. The maximum Gasteiger partial charge on any atom is 0.417 e. The van der Waals surface area contributed by atoms with Crippen LogP contribution in [0.4, 0.5) is 13.2 Å². The summed E-state index contributed by atoms with van der Waals surface area (Å²) in [5, 5.41) is 9.32. The van der Waals surface area contributed by atoms with Gasteiger partial charge in [-0.2, -0.15) is 13.2 Å². The highest BCUT2D eigenvalue weighted by molar-refractivity contribution is 5.82. The van der Waals surface area contributed by atoms with Gasteiger partial charge >= 0.3 is 6.18 Å². The van der Waals surface area contributed by atoms with Crippen LogP contribution in [-0.4, -0.2) is 20.9 Å². The van der Waals surface area contributed by atoms with E-state index in [-0.39, 0.29) is 11.6 Å². The van der Waals surface area contributed by atoms with Crippen molar-refractivity contribution in [2.45, 2.75) is 32.6 Å². The number of carbonyl (C=O) groups is 1. The predicted molar refractivity (Wildman–Crippen MR) is 96.5 cm³/mol. The summed E-state index contributed by atoms with van der Waals surface area (Å²) in [6.07, 6.45) is -4.72. The zero-order chi connectivity index (χ0) is 20.5. The van der Waals surface area contributed by atoms with Gasteiger partial charge in [0.1, 0.15) is 12.1 Å². The molecule has 1 aromatic heterocycles. The fourth-order valence-corrected chi connectivity index (χ4v) is 2.82. The number of nitrogens with zero attached hydrogens (tertiary/aromatic N) is 3. The molecule has 6 nitrogen and oxygen atoms in total. The van der Waals surface area contributed by atoms with Crippen LogP contribution in [0.2, 0.25) is 0 Å². The lowest BCUT2D eigenvalue weighted by atomic mass is 10.1. The molecular weight excluding hydrogens is 373 g/mol. The zero-order valence-electron chi connectivity index (χ0n) is 15.1. The van der Waals surface area contributed by atoms with E-state index >= 15 is 0 Å². The van der Waals surface area contributed by atoms with E-state index in [9.17, 15) is 22.8 Å². The molecule has 0 saturated heterocycles. The zero-order valence-corrected chi connectivity index (χ0v) is 15.1. The molecule has 0 aliphatic rings. The number of carbonyl (C=O) groups excluding carboxylic acids is 1. The number of rotatable bonds is 4. The molecule has 0 unspecified atom stereocenters. The normalized spacial score (nSPS) is 12.8. The van der Waals surface area contributed by atoms with Gasteiger partial charge < -0.3 is 5.32 Å². The van der Waals surface area contributed by atoms with Crippen LogP contribution in [0, 0.1) is 6.92 Å². The third-order valence-electron chi connectivity index (χ3n) is 4.30. The summed E-state index contributed by atoms with van der Waals surface area (Å²) < 4.78 is 40.2. The Kier molecular flexibility index (Phi) is 5.17.